The Bertz CT molecular complexity index is 467. The third-order valence-electron chi connectivity index (χ3n) is 3.86. The normalized spacial score (nSPS) is 20.6. The summed E-state index contributed by atoms with van der Waals surface area (Å²) in [6, 6.07) is 10.5. The monoisotopic (exact) mass is 289 g/mol. The Kier molecular flexibility index (Phi) is 5.01. The van der Waals surface area contributed by atoms with Crippen LogP contribution in [0.2, 0.25) is 0 Å². The molecule has 0 saturated carbocycles. The molecule has 116 valence electrons. The van der Waals surface area contributed by atoms with Gasteiger partial charge in [-0.15, -0.1) is 0 Å². The smallest absolute Gasteiger partial charge is 0.237 e. The van der Waals surface area contributed by atoms with Gasteiger partial charge in [0.1, 0.15) is 0 Å². The number of hydrogen-bond acceptors (Lipinski definition) is 3. The fourth-order valence-corrected chi connectivity index (χ4v) is 2.62. The zero-order valence-electron chi connectivity index (χ0n) is 13.6. The van der Waals surface area contributed by atoms with Gasteiger partial charge in [-0.25, -0.2) is 0 Å². The van der Waals surface area contributed by atoms with Gasteiger partial charge in [0.2, 0.25) is 5.91 Å². The maximum atomic E-state index is 12.6. The lowest BCUT2D eigenvalue weighted by Gasteiger charge is -2.40. The van der Waals surface area contributed by atoms with Crippen LogP contribution in [0.1, 0.15) is 32.4 Å². The van der Waals surface area contributed by atoms with Crippen LogP contribution in [-0.4, -0.2) is 54.5 Å². The lowest BCUT2D eigenvalue weighted by molar-refractivity contribution is -0.135. The molecule has 1 aliphatic heterocycles. The predicted molar refractivity (Wildman–Crippen MR) is 86.1 cm³/mol. The summed E-state index contributed by atoms with van der Waals surface area (Å²) in [6.07, 6.45) is 0. The van der Waals surface area contributed by atoms with Crippen LogP contribution in [-0.2, 0) is 4.79 Å². The third-order valence-corrected chi connectivity index (χ3v) is 3.86. The molecule has 21 heavy (non-hydrogen) atoms. The molecule has 1 amide bonds. The average molecular weight is 289 g/mol. The van der Waals surface area contributed by atoms with Gasteiger partial charge in [0.05, 0.1) is 12.6 Å². The van der Waals surface area contributed by atoms with Gasteiger partial charge in [-0.05, 0) is 33.4 Å². The van der Waals surface area contributed by atoms with Crippen molar-refractivity contribution in [3.63, 3.8) is 0 Å². The van der Waals surface area contributed by atoms with Crippen LogP contribution in [0.5, 0.6) is 0 Å². The molecule has 1 fully saturated rings. The molecule has 1 heterocycles. The zero-order chi connectivity index (χ0) is 15.5. The van der Waals surface area contributed by atoms with Crippen LogP contribution in [0.15, 0.2) is 30.3 Å². The maximum absolute atomic E-state index is 12.6. The van der Waals surface area contributed by atoms with E-state index in [4.69, 9.17) is 0 Å². The molecule has 0 aromatic heterocycles. The first-order chi connectivity index (χ1) is 9.87. The molecule has 1 unspecified atom stereocenters. The summed E-state index contributed by atoms with van der Waals surface area (Å²) in [4.78, 5) is 16.9. The highest BCUT2D eigenvalue weighted by Crippen LogP contribution is 2.24. The van der Waals surface area contributed by atoms with E-state index < -0.39 is 0 Å². The number of nitrogens with one attached hydrogen (secondary N) is 1. The average Bonchev–Trinajstić information content (AvgIpc) is 2.45. The van der Waals surface area contributed by atoms with Crippen molar-refractivity contribution in [3.8, 4) is 0 Å². The van der Waals surface area contributed by atoms with E-state index in [-0.39, 0.29) is 17.5 Å². The molecule has 1 atom stereocenters. The van der Waals surface area contributed by atoms with Crippen molar-refractivity contribution in [3.05, 3.63) is 35.9 Å². The number of nitrogens with zero attached hydrogens (tertiary/aromatic N) is 2. The second kappa shape index (κ2) is 6.58. The van der Waals surface area contributed by atoms with Crippen LogP contribution in [0.25, 0.3) is 0 Å². The van der Waals surface area contributed by atoms with Gasteiger partial charge >= 0.3 is 0 Å². The molecule has 1 saturated heterocycles. The summed E-state index contributed by atoms with van der Waals surface area (Å²) >= 11 is 0. The van der Waals surface area contributed by atoms with Crippen LogP contribution in [0.4, 0.5) is 0 Å². The summed E-state index contributed by atoms with van der Waals surface area (Å²) in [5, 5.41) is 3.30. The van der Waals surface area contributed by atoms with E-state index in [0.717, 1.165) is 19.6 Å². The Balaban J connectivity index is 2.10. The molecule has 0 aliphatic carbocycles. The standard InChI is InChI=1S/C17H27N3O/c1-17(2,3)18-12-16(21)20-11-10-19(4)13-15(20)14-8-6-5-7-9-14/h5-9,15,18H,10-13H2,1-4H3. The van der Waals surface area contributed by atoms with Crippen molar-refractivity contribution in [1.29, 1.82) is 0 Å². The Morgan fingerprint density at radius 3 is 2.52 bits per heavy atom. The van der Waals surface area contributed by atoms with Gasteiger partial charge in [0.15, 0.2) is 0 Å². The molecule has 4 heteroatoms. The van der Waals surface area contributed by atoms with E-state index in [1.165, 1.54) is 5.56 Å². The second-order valence-corrected chi connectivity index (χ2v) is 6.88. The molecule has 0 bridgehead atoms. The third kappa shape index (κ3) is 4.55. The lowest BCUT2D eigenvalue weighted by atomic mass is 10.0. The van der Waals surface area contributed by atoms with E-state index in [2.05, 4.69) is 50.2 Å². The van der Waals surface area contributed by atoms with E-state index >= 15 is 0 Å². The summed E-state index contributed by atoms with van der Waals surface area (Å²) < 4.78 is 0. The Morgan fingerprint density at radius 1 is 1.24 bits per heavy atom. The quantitative estimate of drug-likeness (QED) is 0.923. The summed E-state index contributed by atoms with van der Waals surface area (Å²) in [5.74, 6) is 0.187. The van der Waals surface area contributed by atoms with Gasteiger partial charge in [0, 0.05) is 25.2 Å². The Morgan fingerprint density at radius 2 is 1.90 bits per heavy atom. The van der Waals surface area contributed by atoms with Crippen LogP contribution >= 0.6 is 0 Å². The molecule has 1 N–H and O–H groups in total. The minimum atomic E-state index is -0.0372. The number of piperazine rings is 1. The number of carbonyl (C=O) groups excluding carboxylic acids is 1. The van der Waals surface area contributed by atoms with Crippen LogP contribution in [0.3, 0.4) is 0 Å². The van der Waals surface area contributed by atoms with Crippen molar-refractivity contribution in [2.24, 2.45) is 0 Å². The molecule has 2 rings (SSSR count). The van der Waals surface area contributed by atoms with Crippen molar-refractivity contribution >= 4 is 5.91 Å². The highest BCUT2D eigenvalue weighted by atomic mass is 16.2. The molecule has 1 aromatic carbocycles. The summed E-state index contributed by atoms with van der Waals surface area (Å²) in [6.45, 7) is 9.27. The van der Waals surface area contributed by atoms with Gasteiger partial charge < -0.3 is 15.1 Å². The minimum Gasteiger partial charge on any atom is -0.332 e. The number of rotatable bonds is 3. The Labute approximate surface area is 128 Å². The first kappa shape index (κ1) is 16.0. The fraction of sp³-hybridized carbons (Fsp3) is 0.588. The topological polar surface area (TPSA) is 35.6 Å². The first-order valence-corrected chi connectivity index (χ1v) is 7.65. The molecule has 0 spiro atoms. The summed E-state index contributed by atoms with van der Waals surface area (Å²) in [5.41, 5.74) is 1.18. The van der Waals surface area contributed by atoms with E-state index in [1.54, 1.807) is 0 Å². The molecular weight excluding hydrogens is 262 g/mol. The minimum absolute atomic E-state index is 0.0372. The van der Waals surface area contributed by atoms with E-state index in [0.29, 0.717) is 6.54 Å². The zero-order valence-corrected chi connectivity index (χ0v) is 13.6. The first-order valence-electron chi connectivity index (χ1n) is 7.65. The van der Waals surface area contributed by atoms with Crippen molar-refractivity contribution < 1.29 is 4.79 Å². The number of likely N-dealkylation sites (N-methyl/N-ethyl adjacent to an activating group) is 1. The molecule has 0 radical (unpaired) electrons. The van der Waals surface area contributed by atoms with Crippen molar-refractivity contribution in [2.45, 2.75) is 32.4 Å². The SMILES string of the molecule is CN1CCN(C(=O)CNC(C)(C)C)C(c2ccccc2)C1. The molecule has 4 nitrogen and oxygen atoms in total. The number of carbonyl (C=O) groups is 1. The second-order valence-electron chi connectivity index (χ2n) is 6.88. The van der Waals surface area contributed by atoms with Crippen LogP contribution in [0, 0.1) is 0 Å². The van der Waals surface area contributed by atoms with Crippen molar-refractivity contribution in [1.82, 2.24) is 15.1 Å². The van der Waals surface area contributed by atoms with Crippen molar-refractivity contribution in [2.75, 3.05) is 33.2 Å². The highest BCUT2D eigenvalue weighted by Gasteiger charge is 2.30. The van der Waals surface area contributed by atoms with Gasteiger partial charge in [-0.2, -0.15) is 0 Å². The van der Waals surface area contributed by atoms with E-state index in [1.807, 2.05) is 23.1 Å². The molecular formula is C17H27N3O. The van der Waals surface area contributed by atoms with Gasteiger partial charge in [0.25, 0.3) is 0 Å². The highest BCUT2D eigenvalue weighted by molar-refractivity contribution is 5.79. The van der Waals surface area contributed by atoms with E-state index in [9.17, 15) is 4.79 Å². The fourth-order valence-electron chi connectivity index (χ4n) is 2.62. The Hall–Kier alpha value is -1.39. The van der Waals surface area contributed by atoms with Gasteiger partial charge in [-0.3, -0.25) is 4.79 Å². The number of amides is 1. The number of benzene rings is 1. The predicted octanol–water partition coefficient (Wildman–Crippen LogP) is 1.89. The summed E-state index contributed by atoms with van der Waals surface area (Å²) in [7, 11) is 2.12. The largest absolute Gasteiger partial charge is 0.332 e. The maximum Gasteiger partial charge on any atom is 0.237 e. The van der Waals surface area contributed by atoms with Crippen LogP contribution < -0.4 is 5.32 Å². The molecule has 1 aromatic rings. The van der Waals surface area contributed by atoms with Gasteiger partial charge in [-0.1, -0.05) is 30.3 Å². The molecule has 1 aliphatic rings. The lowest BCUT2D eigenvalue weighted by Crippen LogP contribution is -2.52. The number of hydrogen-bond donors (Lipinski definition) is 1.